The van der Waals surface area contributed by atoms with Gasteiger partial charge in [-0.25, -0.2) is 4.98 Å². The van der Waals surface area contributed by atoms with Crippen molar-refractivity contribution in [1.82, 2.24) is 15.2 Å². The highest BCUT2D eigenvalue weighted by atomic mass is 32.2. The standard InChI is InChI=1S/C16H16N4O3S/c21-12(22)9-24-15-17-14-13(19-20-15)10-5-1-2-6-11(10)23-16(18-14)7-3-4-8-16/h1-2,5-6H,3-4,7-9H2,(H,21,22)(H,17,18,20). The van der Waals surface area contributed by atoms with Crippen LogP contribution in [0.3, 0.4) is 0 Å². The molecule has 1 aliphatic heterocycles. The summed E-state index contributed by atoms with van der Waals surface area (Å²) in [5.41, 5.74) is 0.999. The molecule has 24 heavy (non-hydrogen) atoms. The van der Waals surface area contributed by atoms with Gasteiger partial charge >= 0.3 is 5.97 Å². The van der Waals surface area contributed by atoms with Gasteiger partial charge in [-0.2, -0.15) is 0 Å². The lowest BCUT2D eigenvalue weighted by Crippen LogP contribution is -2.41. The van der Waals surface area contributed by atoms with Crippen LogP contribution < -0.4 is 10.1 Å². The summed E-state index contributed by atoms with van der Waals surface area (Å²) >= 11 is 1.06. The average Bonchev–Trinajstić information content (AvgIpc) is 2.96. The van der Waals surface area contributed by atoms with Crippen molar-refractivity contribution < 1.29 is 14.6 Å². The molecule has 2 aliphatic rings. The van der Waals surface area contributed by atoms with E-state index < -0.39 is 11.7 Å². The Bertz CT molecular complexity index is 793. The maximum absolute atomic E-state index is 10.8. The second kappa shape index (κ2) is 5.94. The van der Waals surface area contributed by atoms with E-state index in [0.29, 0.717) is 16.7 Å². The van der Waals surface area contributed by atoms with Crippen LogP contribution in [0.4, 0.5) is 5.82 Å². The number of para-hydroxylation sites is 1. The number of carbonyl (C=O) groups is 1. The first-order chi connectivity index (χ1) is 11.7. The minimum absolute atomic E-state index is 0.0985. The van der Waals surface area contributed by atoms with Crippen LogP contribution >= 0.6 is 11.8 Å². The molecule has 7 nitrogen and oxygen atoms in total. The first kappa shape index (κ1) is 15.2. The van der Waals surface area contributed by atoms with Crippen LogP contribution in [0, 0.1) is 0 Å². The fraction of sp³-hybridized carbons (Fsp3) is 0.375. The first-order valence-electron chi connectivity index (χ1n) is 7.81. The number of benzene rings is 1. The average molecular weight is 344 g/mol. The number of aliphatic carboxylic acids is 1. The van der Waals surface area contributed by atoms with Crippen molar-refractivity contribution in [3.63, 3.8) is 0 Å². The van der Waals surface area contributed by atoms with Gasteiger partial charge in [0.2, 0.25) is 5.16 Å². The van der Waals surface area contributed by atoms with Gasteiger partial charge in [0.05, 0.1) is 5.75 Å². The molecular weight excluding hydrogens is 328 g/mol. The molecule has 0 bridgehead atoms. The minimum atomic E-state index is -0.910. The maximum Gasteiger partial charge on any atom is 0.313 e. The van der Waals surface area contributed by atoms with Gasteiger partial charge < -0.3 is 15.2 Å². The smallest absolute Gasteiger partial charge is 0.313 e. The van der Waals surface area contributed by atoms with Crippen LogP contribution in [-0.2, 0) is 4.79 Å². The zero-order valence-electron chi connectivity index (χ0n) is 12.9. The van der Waals surface area contributed by atoms with Crippen molar-refractivity contribution in [2.45, 2.75) is 36.6 Å². The second-order valence-corrected chi connectivity index (χ2v) is 6.84. The zero-order chi connectivity index (χ0) is 16.6. The van der Waals surface area contributed by atoms with Gasteiger partial charge in [0.25, 0.3) is 0 Å². The normalized spacial score (nSPS) is 17.3. The summed E-state index contributed by atoms with van der Waals surface area (Å²) in [6.45, 7) is 0. The highest BCUT2D eigenvalue weighted by Crippen LogP contribution is 2.43. The summed E-state index contributed by atoms with van der Waals surface area (Å²) in [7, 11) is 0. The van der Waals surface area contributed by atoms with Crippen LogP contribution in [-0.4, -0.2) is 37.7 Å². The van der Waals surface area contributed by atoms with Gasteiger partial charge in [0.1, 0.15) is 11.4 Å². The number of anilines is 1. The van der Waals surface area contributed by atoms with Crippen LogP contribution in [0.15, 0.2) is 29.4 Å². The molecule has 0 amide bonds. The topological polar surface area (TPSA) is 97.2 Å². The number of carboxylic acid groups (broad SMARTS) is 1. The van der Waals surface area contributed by atoms with E-state index in [0.717, 1.165) is 48.8 Å². The van der Waals surface area contributed by atoms with Gasteiger partial charge in [-0.15, -0.1) is 10.2 Å². The molecule has 1 spiro atoms. The molecule has 4 rings (SSSR count). The molecule has 0 unspecified atom stereocenters. The molecule has 2 heterocycles. The van der Waals surface area contributed by atoms with Crippen molar-refractivity contribution in [2.24, 2.45) is 0 Å². The van der Waals surface area contributed by atoms with E-state index in [1.165, 1.54) is 0 Å². The molecule has 1 saturated carbocycles. The molecule has 8 heteroatoms. The third kappa shape index (κ3) is 2.77. The Labute approximate surface area is 142 Å². The summed E-state index contributed by atoms with van der Waals surface area (Å²) in [5, 5.41) is 20.9. The van der Waals surface area contributed by atoms with Crippen LogP contribution in [0.1, 0.15) is 25.7 Å². The predicted octanol–water partition coefficient (Wildman–Crippen LogP) is 2.79. The van der Waals surface area contributed by atoms with E-state index in [-0.39, 0.29) is 5.75 Å². The molecular formula is C16H16N4O3S. The largest absolute Gasteiger partial charge is 0.481 e. The van der Waals surface area contributed by atoms with Crippen molar-refractivity contribution in [1.29, 1.82) is 0 Å². The van der Waals surface area contributed by atoms with E-state index in [1.54, 1.807) is 0 Å². The monoisotopic (exact) mass is 344 g/mol. The van der Waals surface area contributed by atoms with Gasteiger partial charge in [-0.05, 0) is 25.0 Å². The van der Waals surface area contributed by atoms with Gasteiger partial charge in [-0.3, -0.25) is 4.79 Å². The first-order valence-corrected chi connectivity index (χ1v) is 8.80. The Morgan fingerprint density at radius 1 is 1.29 bits per heavy atom. The number of hydrogen-bond acceptors (Lipinski definition) is 7. The molecule has 1 aromatic carbocycles. The molecule has 0 radical (unpaired) electrons. The number of hydrogen-bond donors (Lipinski definition) is 2. The van der Waals surface area contributed by atoms with Crippen molar-refractivity contribution in [3.8, 4) is 17.0 Å². The molecule has 1 fully saturated rings. The third-order valence-electron chi connectivity index (χ3n) is 4.20. The highest BCUT2D eigenvalue weighted by molar-refractivity contribution is 7.99. The summed E-state index contributed by atoms with van der Waals surface area (Å²) in [4.78, 5) is 15.2. The van der Waals surface area contributed by atoms with Crippen molar-refractivity contribution >= 4 is 23.5 Å². The number of fused-ring (bicyclic) bond motifs is 3. The van der Waals surface area contributed by atoms with Gasteiger partial charge in [0.15, 0.2) is 11.5 Å². The Balaban J connectivity index is 1.78. The second-order valence-electron chi connectivity index (χ2n) is 5.90. The zero-order valence-corrected chi connectivity index (χ0v) is 13.7. The van der Waals surface area contributed by atoms with Crippen molar-refractivity contribution in [2.75, 3.05) is 11.1 Å². The lowest BCUT2D eigenvalue weighted by molar-refractivity contribution is -0.133. The number of ether oxygens (including phenoxy) is 1. The number of nitrogens with zero attached hydrogens (tertiary/aromatic N) is 3. The fourth-order valence-corrected chi connectivity index (χ4v) is 3.65. The predicted molar refractivity (Wildman–Crippen MR) is 89.1 cm³/mol. The number of thioether (sulfide) groups is 1. The highest BCUT2D eigenvalue weighted by Gasteiger charge is 2.40. The lowest BCUT2D eigenvalue weighted by Gasteiger charge is -2.30. The van der Waals surface area contributed by atoms with Crippen LogP contribution in [0.25, 0.3) is 11.3 Å². The molecule has 0 atom stereocenters. The number of nitrogens with one attached hydrogen (secondary N) is 1. The Morgan fingerprint density at radius 2 is 2.08 bits per heavy atom. The molecule has 1 aromatic heterocycles. The van der Waals surface area contributed by atoms with Crippen molar-refractivity contribution in [3.05, 3.63) is 24.3 Å². The number of carboxylic acids is 1. The SMILES string of the molecule is O=C(O)CSc1nnc2c(n1)NC1(CCCC1)Oc1ccccc1-2. The Hall–Kier alpha value is -2.35. The molecule has 1 aliphatic carbocycles. The van der Waals surface area contributed by atoms with Crippen LogP contribution in [0.5, 0.6) is 5.75 Å². The number of rotatable bonds is 3. The van der Waals surface area contributed by atoms with Gasteiger partial charge in [-0.1, -0.05) is 23.9 Å². The number of aromatic nitrogens is 3. The summed E-state index contributed by atoms with van der Waals surface area (Å²) in [5.74, 6) is 0.364. The third-order valence-corrected chi connectivity index (χ3v) is 5.02. The fourth-order valence-electron chi connectivity index (χ4n) is 3.14. The summed E-state index contributed by atoms with van der Waals surface area (Å²) < 4.78 is 6.31. The Kier molecular flexibility index (Phi) is 3.76. The summed E-state index contributed by atoms with van der Waals surface area (Å²) in [6.07, 6.45) is 3.96. The maximum atomic E-state index is 10.8. The lowest BCUT2D eigenvalue weighted by atomic mass is 10.1. The molecule has 0 saturated heterocycles. The quantitative estimate of drug-likeness (QED) is 0.820. The Morgan fingerprint density at radius 3 is 2.88 bits per heavy atom. The van der Waals surface area contributed by atoms with E-state index in [4.69, 9.17) is 9.84 Å². The van der Waals surface area contributed by atoms with E-state index in [1.807, 2.05) is 24.3 Å². The van der Waals surface area contributed by atoms with E-state index in [2.05, 4.69) is 20.5 Å². The molecule has 124 valence electrons. The molecule has 2 aromatic rings. The van der Waals surface area contributed by atoms with E-state index >= 15 is 0 Å². The van der Waals surface area contributed by atoms with Gasteiger partial charge in [0, 0.05) is 18.4 Å². The summed E-state index contributed by atoms with van der Waals surface area (Å²) in [6, 6.07) is 7.73. The van der Waals surface area contributed by atoms with Crippen LogP contribution in [0.2, 0.25) is 0 Å². The van der Waals surface area contributed by atoms with E-state index in [9.17, 15) is 4.79 Å². The molecule has 2 N–H and O–H groups in total. The minimum Gasteiger partial charge on any atom is -0.481 e.